The maximum absolute atomic E-state index is 13.2. The fraction of sp³-hybridized carbons (Fsp3) is 0.333. The molecule has 1 aromatic carbocycles. The van der Waals surface area contributed by atoms with E-state index >= 15 is 0 Å². The summed E-state index contributed by atoms with van der Waals surface area (Å²) in [5, 5.41) is 18.3. The topological polar surface area (TPSA) is 40.5 Å². The van der Waals surface area contributed by atoms with Crippen molar-refractivity contribution in [2.75, 3.05) is 0 Å². The van der Waals surface area contributed by atoms with Gasteiger partial charge in [-0.2, -0.15) is 0 Å². The summed E-state index contributed by atoms with van der Waals surface area (Å²) < 4.78 is 13.2. The Kier molecular flexibility index (Phi) is 1.46. The first-order chi connectivity index (χ1) is 5.61. The molecule has 1 atom stereocenters. The molecule has 64 valence electrons. The van der Waals surface area contributed by atoms with Crippen LogP contribution in [0.4, 0.5) is 4.39 Å². The molecule has 0 heterocycles. The molecule has 1 aromatic rings. The Balaban J connectivity index is 2.49. The van der Waals surface area contributed by atoms with Gasteiger partial charge in [0.2, 0.25) is 5.79 Å². The monoisotopic (exact) mass is 168 g/mol. The fourth-order valence-electron chi connectivity index (χ4n) is 1.56. The van der Waals surface area contributed by atoms with E-state index in [-0.39, 0.29) is 6.42 Å². The second kappa shape index (κ2) is 2.28. The van der Waals surface area contributed by atoms with E-state index < -0.39 is 12.0 Å². The number of hydrogen-bond donors (Lipinski definition) is 2. The first-order valence-corrected chi connectivity index (χ1v) is 3.78. The number of alkyl halides is 1. The van der Waals surface area contributed by atoms with Gasteiger partial charge in [-0.3, -0.25) is 0 Å². The quantitative estimate of drug-likeness (QED) is 0.566. The number of fused-ring (bicyclic) bond motifs is 1. The van der Waals surface area contributed by atoms with Crippen molar-refractivity contribution < 1.29 is 14.6 Å². The van der Waals surface area contributed by atoms with E-state index in [9.17, 15) is 4.39 Å². The molecule has 0 bridgehead atoms. The molecule has 0 aliphatic heterocycles. The third-order valence-electron chi connectivity index (χ3n) is 2.18. The maximum atomic E-state index is 13.2. The van der Waals surface area contributed by atoms with Crippen LogP contribution in [0.1, 0.15) is 17.3 Å². The van der Waals surface area contributed by atoms with Crippen LogP contribution in [0.15, 0.2) is 24.3 Å². The first kappa shape index (κ1) is 7.71. The van der Waals surface area contributed by atoms with Crippen LogP contribution in [-0.2, 0) is 6.42 Å². The minimum absolute atomic E-state index is 0.0235. The zero-order chi connectivity index (χ0) is 8.77. The molecule has 0 fully saturated rings. The lowest BCUT2D eigenvalue weighted by molar-refractivity contribution is -0.196. The van der Waals surface area contributed by atoms with Crippen LogP contribution in [0.5, 0.6) is 0 Å². The predicted octanol–water partition coefficient (Wildman–Crippen LogP) is 0.934. The van der Waals surface area contributed by atoms with Gasteiger partial charge in [0.1, 0.15) is 0 Å². The molecule has 3 heteroatoms. The average Bonchev–Trinajstić information content (AvgIpc) is 2.24. The summed E-state index contributed by atoms with van der Waals surface area (Å²) in [6.07, 6.45) is -1.70. The summed E-state index contributed by atoms with van der Waals surface area (Å²) in [5.74, 6) is -2.20. The van der Waals surface area contributed by atoms with Gasteiger partial charge in [0.15, 0.2) is 6.17 Å². The summed E-state index contributed by atoms with van der Waals surface area (Å²) in [4.78, 5) is 0. The molecule has 0 amide bonds. The number of hydrogen-bond acceptors (Lipinski definition) is 2. The van der Waals surface area contributed by atoms with Gasteiger partial charge in [-0.15, -0.1) is 0 Å². The van der Waals surface area contributed by atoms with Crippen LogP contribution < -0.4 is 0 Å². The van der Waals surface area contributed by atoms with Gasteiger partial charge >= 0.3 is 0 Å². The lowest BCUT2D eigenvalue weighted by Crippen LogP contribution is -2.30. The summed E-state index contributed by atoms with van der Waals surface area (Å²) in [7, 11) is 0. The van der Waals surface area contributed by atoms with Crippen LogP contribution in [0.3, 0.4) is 0 Å². The van der Waals surface area contributed by atoms with E-state index in [1.54, 1.807) is 24.3 Å². The number of rotatable bonds is 0. The Bertz CT molecular complexity index is 309. The standard InChI is InChI=1S/C9H9FO2/c10-8-7-4-2-1-3-6(7)5-9(8,11)12/h1-4,8,11-12H,5H2. The van der Waals surface area contributed by atoms with Crippen molar-refractivity contribution in [1.29, 1.82) is 0 Å². The smallest absolute Gasteiger partial charge is 0.203 e. The zero-order valence-corrected chi connectivity index (χ0v) is 6.37. The normalized spacial score (nSPS) is 25.4. The number of aliphatic hydroxyl groups is 2. The van der Waals surface area contributed by atoms with Crippen LogP contribution in [0, 0.1) is 0 Å². The van der Waals surface area contributed by atoms with Crippen LogP contribution in [-0.4, -0.2) is 16.0 Å². The summed E-state index contributed by atoms with van der Waals surface area (Å²) >= 11 is 0. The van der Waals surface area contributed by atoms with E-state index in [1.165, 1.54) is 0 Å². The van der Waals surface area contributed by atoms with E-state index in [0.717, 1.165) is 0 Å². The van der Waals surface area contributed by atoms with Gasteiger partial charge in [0.05, 0.1) is 0 Å². The Morgan fingerprint density at radius 2 is 2.00 bits per heavy atom. The highest BCUT2D eigenvalue weighted by Crippen LogP contribution is 2.39. The van der Waals surface area contributed by atoms with Crippen LogP contribution in [0.25, 0.3) is 0 Å². The molecule has 0 saturated carbocycles. The number of benzene rings is 1. The van der Waals surface area contributed by atoms with Crippen molar-refractivity contribution in [1.82, 2.24) is 0 Å². The molecule has 1 aliphatic carbocycles. The van der Waals surface area contributed by atoms with E-state index in [0.29, 0.717) is 11.1 Å². The Morgan fingerprint density at radius 3 is 2.67 bits per heavy atom. The van der Waals surface area contributed by atoms with E-state index in [2.05, 4.69) is 0 Å². The van der Waals surface area contributed by atoms with E-state index in [4.69, 9.17) is 10.2 Å². The van der Waals surface area contributed by atoms with Crippen LogP contribution in [0.2, 0.25) is 0 Å². The second-order valence-corrected chi connectivity index (χ2v) is 3.12. The van der Waals surface area contributed by atoms with Gasteiger partial charge < -0.3 is 10.2 Å². The first-order valence-electron chi connectivity index (χ1n) is 3.78. The molecule has 2 N–H and O–H groups in total. The Labute approximate surface area is 69.3 Å². The highest BCUT2D eigenvalue weighted by Gasteiger charge is 2.43. The average molecular weight is 168 g/mol. The van der Waals surface area contributed by atoms with Gasteiger partial charge in [-0.05, 0) is 11.1 Å². The molecule has 1 aliphatic rings. The highest BCUT2D eigenvalue weighted by molar-refractivity contribution is 5.36. The van der Waals surface area contributed by atoms with Crippen molar-refractivity contribution in [3.8, 4) is 0 Å². The third kappa shape index (κ3) is 0.940. The van der Waals surface area contributed by atoms with Crippen molar-refractivity contribution in [2.45, 2.75) is 18.4 Å². The Morgan fingerprint density at radius 1 is 1.33 bits per heavy atom. The summed E-state index contributed by atoms with van der Waals surface area (Å²) in [6.45, 7) is 0. The largest absolute Gasteiger partial charge is 0.363 e. The molecular weight excluding hydrogens is 159 g/mol. The minimum Gasteiger partial charge on any atom is -0.363 e. The van der Waals surface area contributed by atoms with Crippen molar-refractivity contribution in [3.05, 3.63) is 35.4 Å². The zero-order valence-electron chi connectivity index (χ0n) is 6.37. The van der Waals surface area contributed by atoms with Crippen molar-refractivity contribution >= 4 is 0 Å². The molecular formula is C9H9FO2. The van der Waals surface area contributed by atoms with Crippen molar-refractivity contribution in [2.24, 2.45) is 0 Å². The molecule has 2 rings (SSSR count). The maximum Gasteiger partial charge on any atom is 0.203 e. The number of halogens is 1. The van der Waals surface area contributed by atoms with Gasteiger partial charge in [0.25, 0.3) is 0 Å². The van der Waals surface area contributed by atoms with E-state index in [1.807, 2.05) is 0 Å². The lowest BCUT2D eigenvalue weighted by Gasteiger charge is -2.16. The van der Waals surface area contributed by atoms with Crippen molar-refractivity contribution in [3.63, 3.8) is 0 Å². The molecule has 1 unspecified atom stereocenters. The predicted molar refractivity (Wildman–Crippen MR) is 41.2 cm³/mol. The third-order valence-corrected chi connectivity index (χ3v) is 2.18. The summed E-state index contributed by atoms with van der Waals surface area (Å²) in [6, 6.07) is 6.73. The fourth-order valence-corrected chi connectivity index (χ4v) is 1.56. The molecule has 2 nitrogen and oxygen atoms in total. The SMILES string of the molecule is OC1(O)Cc2ccccc2C1F. The van der Waals surface area contributed by atoms with Gasteiger partial charge in [0, 0.05) is 6.42 Å². The Hall–Kier alpha value is -0.930. The van der Waals surface area contributed by atoms with Gasteiger partial charge in [-0.25, -0.2) is 4.39 Å². The minimum atomic E-state index is -2.20. The molecule has 0 saturated heterocycles. The molecule has 0 aromatic heterocycles. The lowest BCUT2D eigenvalue weighted by atomic mass is 10.1. The molecule has 12 heavy (non-hydrogen) atoms. The molecule has 0 radical (unpaired) electrons. The second-order valence-electron chi connectivity index (χ2n) is 3.12. The highest BCUT2D eigenvalue weighted by atomic mass is 19.1. The summed E-state index contributed by atoms with van der Waals surface area (Å²) in [5.41, 5.74) is 1.07. The molecule has 0 spiro atoms. The van der Waals surface area contributed by atoms with Gasteiger partial charge in [-0.1, -0.05) is 24.3 Å². The van der Waals surface area contributed by atoms with Crippen LogP contribution >= 0.6 is 0 Å².